The summed E-state index contributed by atoms with van der Waals surface area (Å²) < 4.78 is 41.6. The van der Waals surface area contributed by atoms with E-state index in [0.29, 0.717) is 0 Å². The van der Waals surface area contributed by atoms with Gasteiger partial charge in [0, 0.05) is 5.56 Å². The van der Waals surface area contributed by atoms with Crippen LogP contribution in [-0.4, -0.2) is 36.6 Å². The van der Waals surface area contributed by atoms with Crippen molar-refractivity contribution in [2.24, 2.45) is 0 Å². The molecular formula is C12H14F3NO3. The zero-order valence-electron chi connectivity index (χ0n) is 9.98. The largest absolute Gasteiger partial charge is 0.394 e. The van der Waals surface area contributed by atoms with Crippen LogP contribution in [-0.2, 0) is 4.74 Å². The summed E-state index contributed by atoms with van der Waals surface area (Å²) in [6.45, 7) is -0.703. The summed E-state index contributed by atoms with van der Waals surface area (Å²) in [7, 11) is 0. The molecule has 106 valence electrons. The molecule has 1 atom stereocenters. The zero-order chi connectivity index (χ0) is 14.3. The van der Waals surface area contributed by atoms with Crippen LogP contribution in [0.1, 0.15) is 16.8 Å². The van der Waals surface area contributed by atoms with E-state index >= 15 is 0 Å². The van der Waals surface area contributed by atoms with Gasteiger partial charge in [-0.15, -0.1) is 0 Å². The van der Waals surface area contributed by atoms with Crippen LogP contribution in [0.2, 0.25) is 0 Å². The molecule has 0 bridgehead atoms. The Morgan fingerprint density at radius 3 is 2.47 bits per heavy atom. The van der Waals surface area contributed by atoms with Crippen LogP contribution < -0.4 is 5.32 Å². The van der Waals surface area contributed by atoms with Crippen molar-refractivity contribution in [1.29, 1.82) is 0 Å². The van der Waals surface area contributed by atoms with Gasteiger partial charge in [0.05, 0.1) is 19.6 Å². The Labute approximate surface area is 108 Å². The normalized spacial score (nSPS) is 13.1. The molecule has 1 rings (SSSR count). The lowest BCUT2D eigenvalue weighted by Crippen LogP contribution is -2.40. The molecule has 0 aliphatic rings. The fourth-order valence-electron chi connectivity index (χ4n) is 1.38. The van der Waals surface area contributed by atoms with Crippen molar-refractivity contribution < 1.29 is 27.8 Å². The quantitative estimate of drug-likeness (QED) is 0.778. The third-order valence-corrected chi connectivity index (χ3v) is 2.16. The minimum atomic E-state index is -4.47. The van der Waals surface area contributed by atoms with Gasteiger partial charge in [-0.3, -0.25) is 4.79 Å². The lowest BCUT2D eigenvalue weighted by Gasteiger charge is -2.20. The number of alkyl halides is 3. The highest BCUT2D eigenvalue weighted by atomic mass is 19.4. The van der Waals surface area contributed by atoms with Gasteiger partial charge in [0.1, 0.15) is 6.23 Å². The Morgan fingerprint density at radius 2 is 1.95 bits per heavy atom. The van der Waals surface area contributed by atoms with E-state index in [9.17, 15) is 18.0 Å². The molecule has 0 aliphatic carbocycles. The summed E-state index contributed by atoms with van der Waals surface area (Å²) in [5.41, 5.74) is 0.238. The summed E-state index contributed by atoms with van der Waals surface area (Å²) in [6, 6.07) is 7.84. The van der Waals surface area contributed by atoms with Gasteiger partial charge in [-0.25, -0.2) is 0 Å². The number of hydrogen-bond donors (Lipinski definition) is 2. The molecule has 0 saturated carbocycles. The molecule has 1 aromatic carbocycles. The number of benzene rings is 1. The van der Waals surface area contributed by atoms with Gasteiger partial charge >= 0.3 is 6.18 Å². The molecule has 4 nitrogen and oxygen atoms in total. The lowest BCUT2D eigenvalue weighted by atomic mass is 10.2. The van der Waals surface area contributed by atoms with E-state index in [1.165, 1.54) is 12.1 Å². The highest BCUT2D eigenvalue weighted by Gasteiger charge is 2.33. The molecule has 0 saturated heterocycles. The van der Waals surface area contributed by atoms with Crippen molar-refractivity contribution in [3.63, 3.8) is 0 Å². The second kappa shape index (κ2) is 7.10. The van der Waals surface area contributed by atoms with Crippen molar-refractivity contribution >= 4 is 5.91 Å². The van der Waals surface area contributed by atoms with E-state index in [4.69, 9.17) is 9.84 Å². The van der Waals surface area contributed by atoms with E-state index in [2.05, 4.69) is 5.32 Å². The summed E-state index contributed by atoms with van der Waals surface area (Å²) in [6.07, 6.45) is -7.30. The van der Waals surface area contributed by atoms with Gasteiger partial charge in [-0.1, -0.05) is 18.2 Å². The highest BCUT2D eigenvalue weighted by Crippen LogP contribution is 2.22. The molecule has 1 amide bonds. The molecule has 0 heterocycles. The van der Waals surface area contributed by atoms with Crippen molar-refractivity contribution in [2.75, 3.05) is 13.2 Å². The molecule has 0 fully saturated rings. The lowest BCUT2D eigenvalue weighted by molar-refractivity contribution is -0.164. The molecule has 7 heteroatoms. The van der Waals surface area contributed by atoms with E-state index in [-0.39, 0.29) is 12.2 Å². The van der Waals surface area contributed by atoms with Gasteiger partial charge in [-0.2, -0.15) is 13.2 Å². The molecule has 2 N–H and O–H groups in total. The Balaban J connectivity index is 2.63. The van der Waals surface area contributed by atoms with Crippen LogP contribution in [0.25, 0.3) is 0 Å². The molecule has 0 unspecified atom stereocenters. The molecule has 0 radical (unpaired) electrons. The third-order valence-electron chi connectivity index (χ3n) is 2.16. The number of carbonyl (C=O) groups excluding carboxylic acids is 1. The summed E-state index contributed by atoms with van der Waals surface area (Å²) in [4.78, 5) is 11.7. The van der Waals surface area contributed by atoms with Crippen molar-refractivity contribution in [3.05, 3.63) is 35.9 Å². The number of aliphatic hydroxyl groups excluding tert-OH is 1. The van der Waals surface area contributed by atoms with Gasteiger partial charge in [-0.05, 0) is 12.1 Å². The maximum Gasteiger partial charge on any atom is 0.393 e. The number of carbonyl (C=O) groups is 1. The van der Waals surface area contributed by atoms with Crippen LogP contribution in [0.4, 0.5) is 13.2 Å². The number of amides is 1. The Morgan fingerprint density at radius 1 is 1.32 bits per heavy atom. The van der Waals surface area contributed by atoms with Gasteiger partial charge in [0.15, 0.2) is 0 Å². The Hall–Kier alpha value is -1.60. The predicted octanol–water partition coefficient (Wildman–Crippen LogP) is 1.70. The fourth-order valence-corrected chi connectivity index (χ4v) is 1.38. The van der Waals surface area contributed by atoms with Crippen molar-refractivity contribution in [3.8, 4) is 0 Å². The summed E-state index contributed by atoms with van der Waals surface area (Å²) in [5.74, 6) is -0.659. The highest BCUT2D eigenvalue weighted by molar-refractivity contribution is 5.94. The SMILES string of the molecule is O=C(N[C@H](CC(F)(F)F)OCCO)c1ccccc1. The van der Waals surface area contributed by atoms with Crippen LogP contribution in [0.15, 0.2) is 30.3 Å². The van der Waals surface area contributed by atoms with E-state index < -0.39 is 31.3 Å². The van der Waals surface area contributed by atoms with Crippen molar-refractivity contribution in [1.82, 2.24) is 5.32 Å². The molecule has 0 spiro atoms. The average Bonchev–Trinajstić information content (AvgIpc) is 2.35. The first-order valence-corrected chi connectivity index (χ1v) is 5.57. The van der Waals surface area contributed by atoms with Gasteiger partial charge in [0.25, 0.3) is 5.91 Å². The van der Waals surface area contributed by atoms with E-state index in [1.54, 1.807) is 18.2 Å². The van der Waals surface area contributed by atoms with Gasteiger partial charge in [0.2, 0.25) is 0 Å². The minimum Gasteiger partial charge on any atom is -0.394 e. The van der Waals surface area contributed by atoms with Crippen LogP contribution in [0.5, 0.6) is 0 Å². The predicted molar refractivity (Wildman–Crippen MR) is 61.4 cm³/mol. The fraction of sp³-hybridized carbons (Fsp3) is 0.417. The number of aliphatic hydroxyl groups is 1. The number of halogens is 3. The Kier molecular flexibility index (Phi) is 5.78. The maximum atomic E-state index is 12.3. The second-order valence-electron chi connectivity index (χ2n) is 3.74. The molecule has 0 aliphatic heterocycles. The average molecular weight is 277 g/mol. The van der Waals surface area contributed by atoms with E-state index in [1.807, 2.05) is 0 Å². The van der Waals surface area contributed by atoms with Crippen molar-refractivity contribution in [2.45, 2.75) is 18.8 Å². The Bertz CT molecular complexity index is 395. The summed E-state index contributed by atoms with van der Waals surface area (Å²) >= 11 is 0. The maximum absolute atomic E-state index is 12.3. The minimum absolute atomic E-state index is 0.238. The molecule has 19 heavy (non-hydrogen) atoms. The smallest absolute Gasteiger partial charge is 0.393 e. The number of rotatable bonds is 6. The summed E-state index contributed by atoms with van der Waals surface area (Å²) in [5, 5.41) is 10.7. The topological polar surface area (TPSA) is 58.6 Å². The first kappa shape index (κ1) is 15.5. The molecule has 0 aromatic heterocycles. The van der Waals surface area contributed by atoms with Crippen LogP contribution in [0, 0.1) is 0 Å². The van der Waals surface area contributed by atoms with E-state index in [0.717, 1.165) is 0 Å². The van der Waals surface area contributed by atoms with Gasteiger partial charge < -0.3 is 15.2 Å². The second-order valence-corrected chi connectivity index (χ2v) is 3.74. The molecule has 1 aromatic rings. The number of hydrogen-bond acceptors (Lipinski definition) is 3. The van der Waals surface area contributed by atoms with Crippen LogP contribution >= 0.6 is 0 Å². The number of nitrogens with one attached hydrogen (secondary N) is 1. The molecular weight excluding hydrogens is 263 g/mol. The first-order valence-electron chi connectivity index (χ1n) is 5.57. The zero-order valence-corrected chi connectivity index (χ0v) is 9.98. The standard InChI is InChI=1S/C12H14F3NO3/c13-12(14,15)8-10(19-7-6-17)16-11(18)9-4-2-1-3-5-9/h1-5,10,17H,6-8H2,(H,16,18)/t10-/m0/s1. The number of ether oxygens (including phenoxy) is 1. The monoisotopic (exact) mass is 277 g/mol. The first-order chi connectivity index (χ1) is 8.92. The third kappa shape index (κ3) is 6.21. The van der Waals surface area contributed by atoms with Crippen LogP contribution in [0.3, 0.4) is 0 Å².